The number of rotatable bonds is 5. The molecule has 160 valence electrons. The molecule has 1 aliphatic rings. The minimum atomic E-state index is -0.823. The molecule has 2 heteroatoms. The Balaban J connectivity index is 1.38. The fourth-order valence-electron chi connectivity index (χ4n) is 4.79. The quantitative estimate of drug-likeness (QED) is 0.289. The summed E-state index contributed by atoms with van der Waals surface area (Å²) >= 11 is 0. The average molecular weight is 417 g/mol. The Morgan fingerprint density at radius 2 is 1.52 bits per heavy atom. The Morgan fingerprint density at radius 3 is 2.26 bits per heavy atom. The van der Waals surface area contributed by atoms with Gasteiger partial charge in [-0.1, -0.05) is 68.7 Å². The minimum absolute atomic E-state index is 0.287. The van der Waals surface area contributed by atoms with E-state index in [9.17, 15) is 8.78 Å². The standard InChI is InChI=1S/C29H30F2/c1-2-3-4-5-21-8-13-24(14-9-21)25-15-10-22(11-16-25)6-7-23-12-18-27-26(20-23)17-19-28(30)29(27)31/h10-12,15-21,24H,2-5,8-9,13-14H2,1H3. The van der Waals surface area contributed by atoms with E-state index in [-0.39, 0.29) is 5.39 Å². The molecule has 0 nitrogen and oxygen atoms in total. The van der Waals surface area contributed by atoms with E-state index in [2.05, 4.69) is 43.0 Å². The van der Waals surface area contributed by atoms with Gasteiger partial charge in [-0.15, -0.1) is 0 Å². The van der Waals surface area contributed by atoms with Gasteiger partial charge in [0.05, 0.1) is 0 Å². The van der Waals surface area contributed by atoms with Gasteiger partial charge < -0.3 is 0 Å². The fourth-order valence-corrected chi connectivity index (χ4v) is 4.79. The number of halogens is 2. The maximum atomic E-state index is 13.9. The zero-order valence-electron chi connectivity index (χ0n) is 18.3. The highest BCUT2D eigenvalue weighted by atomic mass is 19.2. The van der Waals surface area contributed by atoms with E-state index in [1.54, 1.807) is 24.3 Å². The van der Waals surface area contributed by atoms with Gasteiger partial charge in [0.15, 0.2) is 11.6 Å². The van der Waals surface area contributed by atoms with E-state index in [4.69, 9.17) is 0 Å². The van der Waals surface area contributed by atoms with Crippen LogP contribution < -0.4 is 0 Å². The van der Waals surface area contributed by atoms with Gasteiger partial charge in [0, 0.05) is 16.5 Å². The van der Waals surface area contributed by atoms with Gasteiger partial charge in [-0.3, -0.25) is 0 Å². The predicted octanol–water partition coefficient (Wildman–Crippen LogP) is 8.37. The van der Waals surface area contributed by atoms with Crippen LogP contribution in [0, 0.1) is 29.4 Å². The number of benzene rings is 3. The molecule has 0 atom stereocenters. The van der Waals surface area contributed by atoms with Crippen LogP contribution in [-0.4, -0.2) is 0 Å². The average Bonchev–Trinajstić information content (AvgIpc) is 2.81. The monoisotopic (exact) mass is 416 g/mol. The zero-order chi connectivity index (χ0) is 21.6. The second-order valence-electron chi connectivity index (χ2n) is 8.88. The molecule has 0 saturated heterocycles. The molecule has 1 saturated carbocycles. The third-order valence-corrected chi connectivity index (χ3v) is 6.70. The molecule has 0 bridgehead atoms. The lowest BCUT2D eigenvalue weighted by molar-refractivity contribution is 0.303. The van der Waals surface area contributed by atoms with Crippen molar-refractivity contribution in [1.82, 2.24) is 0 Å². The van der Waals surface area contributed by atoms with Crippen LogP contribution in [0.5, 0.6) is 0 Å². The maximum Gasteiger partial charge on any atom is 0.166 e. The minimum Gasteiger partial charge on any atom is -0.204 e. The Morgan fingerprint density at radius 1 is 0.806 bits per heavy atom. The van der Waals surface area contributed by atoms with Gasteiger partial charge >= 0.3 is 0 Å². The normalized spacial score (nSPS) is 18.5. The summed E-state index contributed by atoms with van der Waals surface area (Å²) in [7, 11) is 0. The molecule has 0 spiro atoms. The van der Waals surface area contributed by atoms with E-state index in [0.29, 0.717) is 11.3 Å². The van der Waals surface area contributed by atoms with Gasteiger partial charge in [0.2, 0.25) is 0 Å². The summed E-state index contributed by atoms with van der Waals surface area (Å²) in [5.74, 6) is 6.34. The van der Waals surface area contributed by atoms with Crippen LogP contribution >= 0.6 is 0 Å². The van der Waals surface area contributed by atoms with Crippen LogP contribution in [0.4, 0.5) is 8.78 Å². The lowest BCUT2D eigenvalue weighted by Gasteiger charge is -2.29. The van der Waals surface area contributed by atoms with Crippen molar-refractivity contribution >= 4 is 10.8 Å². The molecule has 0 aliphatic heterocycles. The molecule has 0 heterocycles. The fraction of sp³-hybridized carbons (Fsp3) is 0.379. The van der Waals surface area contributed by atoms with E-state index < -0.39 is 11.6 Å². The lowest BCUT2D eigenvalue weighted by atomic mass is 9.77. The van der Waals surface area contributed by atoms with Crippen LogP contribution in [0.1, 0.15) is 80.9 Å². The topological polar surface area (TPSA) is 0 Å². The summed E-state index contributed by atoms with van der Waals surface area (Å²) in [5, 5.41) is 0.946. The molecule has 0 amide bonds. The van der Waals surface area contributed by atoms with Crippen molar-refractivity contribution in [1.29, 1.82) is 0 Å². The Hall–Kier alpha value is -2.66. The third-order valence-electron chi connectivity index (χ3n) is 6.70. The number of unbranched alkanes of at least 4 members (excludes halogenated alkanes) is 2. The van der Waals surface area contributed by atoms with Gasteiger partial charge in [-0.2, -0.15) is 0 Å². The van der Waals surface area contributed by atoms with Gasteiger partial charge in [0.25, 0.3) is 0 Å². The van der Waals surface area contributed by atoms with Gasteiger partial charge in [-0.25, -0.2) is 8.78 Å². The smallest absolute Gasteiger partial charge is 0.166 e. The highest BCUT2D eigenvalue weighted by Crippen LogP contribution is 2.37. The van der Waals surface area contributed by atoms with Crippen LogP contribution in [0.2, 0.25) is 0 Å². The summed E-state index contributed by atoms with van der Waals surface area (Å²) in [6, 6.07) is 16.5. The van der Waals surface area contributed by atoms with Crippen molar-refractivity contribution in [3.05, 3.63) is 82.9 Å². The largest absolute Gasteiger partial charge is 0.204 e. The summed E-state index contributed by atoms with van der Waals surface area (Å²) in [6.45, 7) is 2.27. The van der Waals surface area contributed by atoms with E-state index >= 15 is 0 Å². The van der Waals surface area contributed by atoms with Crippen molar-refractivity contribution in [2.24, 2.45) is 5.92 Å². The van der Waals surface area contributed by atoms with Crippen molar-refractivity contribution in [2.75, 3.05) is 0 Å². The molecular formula is C29H30F2. The SMILES string of the molecule is CCCCCC1CCC(c2ccc(C#Cc3ccc4c(F)c(F)ccc4c3)cc2)CC1. The molecule has 3 aromatic carbocycles. The predicted molar refractivity (Wildman–Crippen MR) is 125 cm³/mol. The molecule has 0 radical (unpaired) electrons. The van der Waals surface area contributed by atoms with Crippen LogP contribution in [0.25, 0.3) is 10.8 Å². The van der Waals surface area contributed by atoms with Crippen molar-refractivity contribution in [2.45, 2.75) is 64.2 Å². The first-order valence-corrected chi connectivity index (χ1v) is 11.6. The first kappa shape index (κ1) is 21.6. The first-order valence-electron chi connectivity index (χ1n) is 11.6. The van der Waals surface area contributed by atoms with Crippen molar-refractivity contribution < 1.29 is 8.78 Å². The number of fused-ring (bicyclic) bond motifs is 1. The summed E-state index contributed by atoms with van der Waals surface area (Å²) < 4.78 is 27.2. The Labute approximate surface area is 184 Å². The van der Waals surface area contributed by atoms with Gasteiger partial charge in [-0.05, 0) is 78.8 Å². The van der Waals surface area contributed by atoms with Gasteiger partial charge in [0.1, 0.15) is 0 Å². The third kappa shape index (κ3) is 5.34. The van der Waals surface area contributed by atoms with E-state index in [1.165, 1.54) is 56.9 Å². The Bertz CT molecular complexity index is 1080. The van der Waals surface area contributed by atoms with Crippen LogP contribution in [-0.2, 0) is 0 Å². The second-order valence-corrected chi connectivity index (χ2v) is 8.88. The molecule has 3 aromatic rings. The van der Waals surface area contributed by atoms with Crippen molar-refractivity contribution in [3.8, 4) is 11.8 Å². The molecule has 1 fully saturated rings. The molecule has 0 aromatic heterocycles. The molecule has 4 rings (SSSR count). The van der Waals surface area contributed by atoms with Crippen LogP contribution in [0.15, 0.2) is 54.6 Å². The summed E-state index contributed by atoms with van der Waals surface area (Å²) in [5.41, 5.74) is 3.20. The number of hydrogen-bond donors (Lipinski definition) is 0. The molecule has 0 N–H and O–H groups in total. The lowest BCUT2D eigenvalue weighted by Crippen LogP contribution is -2.13. The Kier molecular flexibility index (Phi) is 7.03. The highest BCUT2D eigenvalue weighted by molar-refractivity contribution is 5.84. The highest BCUT2D eigenvalue weighted by Gasteiger charge is 2.21. The molecule has 31 heavy (non-hydrogen) atoms. The zero-order valence-corrected chi connectivity index (χ0v) is 18.3. The summed E-state index contributed by atoms with van der Waals surface area (Å²) in [6.07, 6.45) is 10.8. The summed E-state index contributed by atoms with van der Waals surface area (Å²) in [4.78, 5) is 0. The van der Waals surface area contributed by atoms with E-state index in [1.807, 2.05) is 0 Å². The van der Waals surface area contributed by atoms with Crippen LogP contribution in [0.3, 0.4) is 0 Å². The first-order chi connectivity index (χ1) is 15.1. The van der Waals surface area contributed by atoms with Crippen molar-refractivity contribution in [3.63, 3.8) is 0 Å². The molecule has 0 unspecified atom stereocenters. The van der Waals surface area contributed by atoms with E-state index in [0.717, 1.165) is 23.1 Å². The molecule has 1 aliphatic carbocycles. The number of hydrogen-bond acceptors (Lipinski definition) is 0. The maximum absolute atomic E-state index is 13.9. The molecular weight excluding hydrogens is 386 g/mol. The second kappa shape index (κ2) is 10.1.